The SMILES string of the molecule is CCCCCCCCC1(OP(O)O)c2c(cc(C)cc2C(C)(C)C)Cc2cc(C)cc(C(C)(C)C)c21. The standard InChI is InChI=1S/C32H49O3P/c1-10-11-12-13-14-15-16-32(35-36(33)34)28-24(17-22(2)19-26(28)30(4,5)6)21-25-18-23(3)20-27(29(25)32)31(7,8)9/h17-20,33-34H,10-16,21H2,1-9H3. The minimum absolute atomic E-state index is 0.108. The van der Waals surface area contributed by atoms with Crippen molar-refractivity contribution in [1.82, 2.24) is 0 Å². The van der Waals surface area contributed by atoms with Crippen LogP contribution in [0.1, 0.15) is 138 Å². The summed E-state index contributed by atoms with van der Waals surface area (Å²) in [6.45, 7) is 20.1. The number of hydrogen-bond donors (Lipinski definition) is 2. The smallest absolute Gasteiger partial charge is 0.328 e. The fourth-order valence-corrected chi connectivity index (χ4v) is 6.70. The quantitative estimate of drug-likeness (QED) is 0.260. The van der Waals surface area contributed by atoms with Crippen LogP contribution in [0.5, 0.6) is 0 Å². The first-order valence-electron chi connectivity index (χ1n) is 13.9. The van der Waals surface area contributed by atoms with Gasteiger partial charge in [-0.05, 0) is 77.3 Å². The van der Waals surface area contributed by atoms with Gasteiger partial charge in [0, 0.05) is 0 Å². The Balaban J connectivity index is 2.34. The first-order valence-corrected chi connectivity index (χ1v) is 15.0. The molecule has 0 saturated heterocycles. The van der Waals surface area contributed by atoms with E-state index in [-0.39, 0.29) is 10.8 Å². The van der Waals surface area contributed by atoms with Crippen molar-refractivity contribution in [2.24, 2.45) is 0 Å². The van der Waals surface area contributed by atoms with Gasteiger partial charge in [-0.1, -0.05) is 116 Å². The lowest BCUT2D eigenvalue weighted by Crippen LogP contribution is -2.40. The van der Waals surface area contributed by atoms with Gasteiger partial charge in [0.05, 0.1) is 0 Å². The zero-order chi connectivity index (χ0) is 26.9. The Bertz CT molecular complexity index is 987. The summed E-state index contributed by atoms with van der Waals surface area (Å²) in [6, 6.07) is 9.18. The summed E-state index contributed by atoms with van der Waals surface area (Å²) >= 11 is 0. The third-order valence-corrected chi connectivity index (χ3v) is 8.13. The molecule has 0 fully saturated rings. The normalized spacial score (nSPS) is 15.2. The number of aryl methyl sites for hydroxylation is 2. The molecule has 0 heterocycles. The molecule has 0 radical (unpaired) electrons. The molecule has 1 aliphatic carbocycles. The van der Waals surface area contributed by atoms with Gasteiger partial charge < -0.3 is 9.79 Å². The third-order valence-electron chi connectivity index (χ3n) is 7.65. The molecule has 0 aromatic heterocycles. The Hall–Kier alpha value is -1.25. The molecule has 0 bridgehead atoms. The highest BCUT2D eigenvalue weighted by Gasteiger charge is 2.48. The van der Waals surface area contributed by atoms with E-state index in [0.717, 1.165) is 25.7 Å². The molecule has 2 aromatic rings. The van der Waals surface area contributed by atoms with Gasteiger partial charge in [-0.15, -0.1) is 0 Å². The van der Waals surface area contributed by atoms with Crippen molar-refractivity contribution < 1.29 is 14.3 Å². The van der Waals surface area contributed by atoms with Crippen LogP contribution in [0.2, 0.25) is 0 Å². The van der Waals surface area contributed by atoms with Crippen LogP contribution in [0.3, 0.4) is 0 Å². The van der Waals surface area contributed by atoms with Crippen molar-refractivity contribution in [3.8, 4) is 0 Å². The second kappa shape index (κ2) is 11.2. The van der Waals surface area contributed by atoms with Gasteiger partial charge in [0.1, 0.15) is 5.60 Å². The van der Waals surface area contributed by atoms with E-state index in [1.165, 1.54) is 70.2 Å². The molecule has 0 spiro atoms. The van der Waals surface area contributed by atoms with E-state index in [1.54, 1.807) is 0 Å². The van der Waals surface area contributed by atoms with Crippen LogP contribution in [0.4, 0.5) is 0 Å². The van der Waals surface area contributed by atoms with E-state index >= 15 is 0 Å². The molecule has 4 heteroatoms. The van der Waals surface area contributed by atoms with Gasteiger partial charge >= 0.3 is 8.60 Å². The van der Waals surface area contributed by atoms with E-state index in [2.05, 4.69) is 86.6 Å². The van der Waals surface area contributed by atoms with Crippen LogP contribution in [-0.4, -0.2) is 9.79 Å². The summed E-state index contributed by atoms with van der Waals surface area (Å²) in [6.07, 6.45) is 8.66. The molecule has 3 rings (SSSR count). The molecule has 0 amide bonds. The lowest BCUT2D eigenvalue weighted by Gasteiger charge is -2.46. The van der Waals surface area contributed by atoms with Gasteiger partial charge in [-0.25, -0.2) is 0 Å². The van der Waals surface area contributed by atoms with E-state index in [9.17, 15) is 9.79 Å². The molecule has 36 heavy (non-hydrogen) atoms. The Morgan fingerprint density at radius 1 is 0.750 bits per heavy atom. The first-order chi connectivity index (χ1) is 16.7. The molecular formula is C32H49O3P. The van der Waals surface area contributed by atoms with E-state index < -0.39 is 14.2 Å². The van der Waals surface area contributed by atoms with Gasteiger partial charge in [0.25, 0.3) is 0 Å². The van der Waals surface area contributed by atoms with Crippen LogP contribution in [0.15, 0.2) is 24.3 Å². The predicted octanol–water partition coefficient (Wildman–Crippen LogP) is 9.02. The minimum atomic E-state index is -2.56. The van der Waals surface area contributed by atoms with Crippen molar-refractivity contribution in [3.63, 3.8) is 0 Å². The van der Waals surface area contributed by atoms with Crippen molar-refractivity contribution >= 4 is 8.60 Å². The average molecular weight is 513 g/mol. The fraction of sp³-hybridized carbons (Fsp3) is 0.625. The zero-order valence-corrected chi connectivity index (χ0v) is 25.1. The second-order valence-electron chi connectivity index (χ2n) is 13.1. The van der Waals surface area contributed by atoms with E-state index in [4.69, 9.17) is 4.52 Å². The molecule has 3 nitrogen and oxygen atoms in total. The molecule has 2 aromatic carbocycles. The molecule has 2 N–H and O–H groups in total. The summed E-state index contributed by atoms with van der Waals surface area (Å²) in [5.41, 5.74) is 8.78. The Kier molecular flexibility index (Phi) is 9.15. The Morgan fingerprint density at radius 3 is 1.61 bits per heavy atom. The summed E-state index contributed by atoms with van der Waals surface area (Å²) in [5.74, 6) is 0. The van der Waals surface area contributed by atoms with Crippen molar-refractivity contribution in [2.75, 3.05) is 0 Å². The maximum Gasteiger partial charge on any atom is 0.328 e. The number of unbranched alkanes of at least 4 members (excludes halogenated alkanes) is 5. The van der Waals surface area contributed by atoms with Gasteiger partial charge in [-0.3, -0.25) is 4.52 Å². The van der Waals surface area contributed by atoms with Crippen molar-refractivity contribution in [1.29, 1.82) is 0 Å². The highest BCUT2D eigenvalue weighted by Crippen LogP contribution is 2.56. The van der Waals surface area contributed by atoms with Crippen LogP contribution in [0, 0.1) is 13.8 Å². The highest BCUT2D eigenvalue weighted by atomic mass is 31.2. The lowest BCUT2D eigenvalue weighted by molar-refractivity contribution is 0.0718. The number of rotatable bonds is 9. The fourth-order valence-electron chi connectivity index (χ4n) is 6.15. The zero-order valence-electron chi connectivity index (χ0n) is 24.2. The lowest BCUT2D eigenvalue weighted by atomic mass is 9.63. The maximum absolute atomic E-state index is 10.5. The topological polar surface area (TPSA) is 49.7 Å². The first kappa shape index (κ1) is 29.3. The number of fused-ring (bicyclic) bond motifs is 2. The highest BCUT2D eigenvalue weighted by molar-refractivity contribution is 7.39. The molecular weight excluding hydrogens is 463 g/mol. The van der Waals surface area contributed by atoms with Gasteiger partial charge in [0.15, 0.2) is 0 Å². The maximum atomic E-state index is 10.5. The summed E-state index contributed by atoms with van der Waals surface area (Å²) in [4.78, 5) is 21.0. The molecule has 200 valence electrons. The van der Waals surface area contributed by atoms with Crippen LogP contribution in [-0.2, 0) is 27.4 Å². The number of benzene rings is 2. The Morgan fingerprint density at radius 2 is 1.19 bits per heavy atom. The Labute approximate surface area is 221 Å². The van der Waals surface area contributed by atoms with Crippen molar-refractivity contribution in [3.05, 3.63) is 68.8 Å². The minimum Gasteiger partial charge on any atom is -0.328 e. The average Bonchev–Trinajstić information content (AvgIpc) is 2.73. The largest absolute Gasteiger partial charge is 0.328 e. The molecule has 0 aliphatic heterocycles. The van der Waals surface area contributed by atoms with E-state index in [0.29, 0.717) is 0 Å². The van der Waals surface area contributed by atoms with Crippen LogP contribution >= 0.6 is 8.60 Å². The van der Waals surface area contributed by atoms with Gasteiger partial charge in [0.2, 0.25) is 0 Å². The molecule has 1 aliphatic rings. The second-order valence-corrected chi connectivity index (χ2v) is 13.7. The third kappa shape index (κ3) is 6.24. The molecule has 0 unspecified atom stereocenters. The summed E-state index contributed by atoms with van der Waals surface area (Å²) in [7, 11) is -2.56. The monoisotopic (exact) mass is 512 g/mol. The number of hydrogen-bond acceptors (Lipinski definition) is 3. The van der Waals surface area contributed by atoms with Crippen LogP contribution in [0.25, 0.3) is 0 Å². The molecule has 0 atom stereocenters. The molecule has 0 saturated carbocycles. The van der Waals surface area contributed by atoms with E-state index in [1.807, 2.05) is 0 Å². The summed E-state index contributed by atoms with van der Waals surface area (Å²) < 4.78 is 6.49. The van der Waals surface area contributed by atoms with Gasteiger partial charge in [-0.2, -0.15) is 0 Å². The van der Waals surface area contributed by atoms with Crippen LogP contribution < -0.4 is 0 Å². The summed E-state index contributed by atoms with van der Waals surface area (Å²) in [5, 5.41) is 0. The van der Waals surface area contributed by atoms with Crippen molar-refractivity contribution in [2.45, 2.75) is 130 Å². The predicted molar refractivity (Wildman–Crippen MR) is 154 cm³/mol.